The van der Waals surface area contributed by atoms with E-state index in [9.17, 15) is 13.2 Å². The highest BCUT2D eigenvalue weighted by molar-refractivity contribution is 7.99. The van der Waals surface area contributed by atoms with Gasteiger partial charge in [-0.1, -0.05) is 6.07 Å². The Hall–Kier alpha value is -1.46. The molecule has 1 unspecified atom stereocenters. The first-order valence-corrected chi connectivity index (χ1v) is 6.64. The molecule has 0 saturated heterocycles. The van der Waals surface area contributed by atoms with Crippen LogP contribution in [-0.4, -0.2) is 5.75 Å². The van der Waals surface area contributed by atoms with Gasteiger partial charge in [-0.25, -0.2) is 13.2 Å². The molecule has 0 amide bonds. The zero-order valence-corrected chi connectivity index (χ0v) is 10.8. The Balaban J connectivity index is 2.01. The van der Waals surface area contributed by atoms with Crippen molar-refractivity contribution in [2.24, 2.45) is 5.73 Å². The molecule has 0 bridgehead atoms. The molecule has 1 nitrogen and oxygen atoms in total. The van der Waals surface area contributed by atoms with Gasteiger partial charge in [0.05, 0.1) is 0 Å². The highest BCUT2D eigenvalue weighted by Gasteiger charge is 2.12. The summed E-state index contributed by atoms with van der Waals surface area (Å²) in [5, 5.41) is 0. The first kappa shape index (κ1) is 14.0. The predicted molar refractivity (Wildman–Crippen MR) is 70.4 cm³/mol. The van der Waals surface area contributed by atoms with Crippen LogP contribution in [0.3, 0.4) is 0 Å². The molecule has 2 N–H and O–H groups in total. The van der Waals surface area contributed by atoms with Gasteiger partial charge >= 0.3 is 0 Å². The molecule has 0 aliphatic carbocycles. The fourth-order valence-corrected chi connectivity index (χ4v) is 2.49. The van der Waals surface area contributed by atoms with Crippen LogP contribution in [0.2, 0.25) is 0 Å². The molecule has 0 aromatic heterocycles. The van der Waals surface area contributed by atoms with Gasteiger partial charge in [0, 0.05) is 28.3 Å². The number of hydrogen-bond acceptors (Lipinski definition) is 2. The summed E-state index contributed by atoms with van der Waals surface area (Å²) in [4.78, 5) is 0.847. The maximum absolute atomic E-state index is 13.5. The standard InChI is InChI=1S/C14H12F3NS/c15-9-1-4-11(5-2-9)19-8-14(18)12-6-3-10(16)7-13(12)17/h1-7,14H,8,18H2. The van der Waals surface area contributed by atoms with Crippen LogP contribution < -0.4 is 5.73 Å². The smallest absolute Gasteiger partial charge is 0.130 e. The average Bonchev–Trinajstić information content (AvgIpc) is 2.37. The third-order valence-electron chi connectivity index (χ3n) is 2.61. The van der Waals surface area contributed by atoms with E-state index in [4.69, 9.17) is 5.73 Å². The van der Waals surface area contributed by atoms with Crippen molar-refractivity contribution in [2.45, 2.75) is 10.9 Å². The summed E-state index contributed by atoms with van der Waals surface area (Å²) in [7, 11) is 0. The maximum Gasteiger partial charge on any atom is 0.130 e. The molecule has 0 aliphatic heterocycles. The number of benzene rings is 2. The first-order valence-electron chi connectivity index (χ1n) is 5.65. The van der Waals surface area contributed by atoms with Gasteiger partial charge in [-0.2, -0.15) is 0 Å². The predicted octanol–water partition coefficient (Wildman–Crippen LogP) is 3.90. The number of thioether (sulfide) groups is 1. The lowest BCUT2D eigenvalue weighted by atomic mass is 10.1. The molecule has 1 atom stereocenters. The molecule has 19 heavy (non-hydrogen) atoms. The van der Waals surface area contributed by atoms with Gasteiger partial charge in [-0.3, -0.25) is 0 Å². The average molecular weight is 283 g/mol. The Bertz CT molecular complexity index is 557. The zero-order valence-electron chi connectivity index (χ0n) is 9.95. The summed E-state index contributed by atoms with van der Waals surface area (Å²) in [6, 6.07) is 8.77. The van der Waals surface area contributed by atoms with E-state index in [0.29, 0.717) is 5.75 Å². The summed E-state index contributed by atoms with van der Waals surface area (Å²) < 4.78 is 39.0. The topological polar surface area (TPSA) is 26.0 Å². The molecule has 0 aliphatic rings. The highest BCUT2D eigenvalue weighted by atomic mass is 32.2. The van der Waals surface area contributed by atoms with E-state index in [1.807, 2.05) is 0 Å². The molecular weight excluding hydrogens is 271 g/mol. The fourth-order valence-electron chi connectivity index (χ4n) is 1.61. The normalized spacial score (nSPS) is 12.4. The minimum absolute atomic E-state index is 0.274. The Morgan fingerprint density at radius 1 is 0.947 bits per heavy atom. The van der Waals surface area contributed by atoms with Gasteiger partial charge in [0.2, 0.25) is 0 Å². The lowest BCUT2D eigenvalue weighted by molar-refractivity contribution is 0.563. The van der Waals surface area contributed by atoms with E-state index in [2.05, 4.69) is 0 Å². The molecule has 0 saturated carbocycles. The zero-order chi connectivity index (χ0) is 13.8. The number of hydrogen-bond donors (Lipinski definition) is 1. The highest BCUT2D eigenvalue weighted by Crippen LogP contribution is 2.25. The lowest BCUT2D eigenvalue weighted by Gasteiger charge is -2.12. The van der Waals surface area contributed by atoms with E-state index < -0.39 is 17.7 Å². The molecule has 2 aromatic carbocycles. The van der Waals surface area contributed by atoms with Gasteiger partial charge in [0.1, 0.15) is 17.5 Å². The van der Waals surface area contributed by atoms with Crippen molar-refractivity contribution in [3.8, 4) is 0 Å². The van der Waals surface area contributed by atoms with Crippen LogP contribution in [0.5, 0.6) is 0 Å². The first-order chi connectivity index (χ1) is 9.06. The van der Waals surface area contributed by atoms with Crippen LogP contribution in [0.4, 0.5) is 13.2 Å². The Morgan fingerprint density at radius 3 is 2.21 bits per heavy atom. The molecule has 0 heterocycles. The van der Waals surface area contributed by atoms with E-state index >= 15 is 0 Å². The summed E-state index contributed by atoms with van der Waals surface area (Å²) >= 11 is 1.39. The van der Waals surface area contributed by atoms with Crippen LogP contribution in [0.25, 0.3) is 0 Å². The van der Waals surface area contributed by atoms with Crippen LogP contribution >= 0.6 is 11.8 Å². The summed E-state index contributed by atoms with van der Waals surface area (Å²) in [5.41, 5.74) is 6.14. The second-order valence-electron chi connectivity index (χ2n) is 4.04. The van der Waals surface area contributed by atoms with Crippen molar-refractivity contribution in [1.29, 1.82) is 0 Å². The second-order valence-corrected chi connectivity index (χ2v) is 5.13. The maximum atomic E-state index is 13.5. The molecule has 0 fully saturated rings. The molecule has 100 valence electrons. The monoisotopic (exact) mass is 283 g/mol. The summed E-state index contributed by atoms with van der Waals surface area (Å²) in [6.45, 7) is 0. The minimum atomic E-state index is -0.646. The third kappa shape index (κ3) is 3.75. The van der Waals surface area contributed by atoms with Crippen molar-refractivity contribution >= 4 is 11.8 Å². The van der Waals surface area contributed by atoms with E-state index in [-0.39, 0.29) is 11.4 Å². The molecular formula is C14H12F3NS. The van der Waals surface area contributed by atoms with Crippen LogP contribution in [0.15, 0.2) is 47.4 Å². The van der Waals surface area contributed by atoms with Gasteiger partial charge < -0.3 is 5.73 Å². The lowest BCUT2D eigenvalue weighted by Crippen LogP contribution is -2.14. The molecule has 0 spiro atoms. The van der Waals surface area contributed by atoms with Gasteiger partial charge in [0.25, 0.3) is 0 Å². The quantitative estimate of drug-likeness (QED) is 0.861. The van der Waals surface area contributed by atoms with E-state index in [1.54, 1.807) is 12.1 Å². The Morgan fingerprint density at radius 2 is 1.58 bits per heavy atom. The van der Waals surface area contributed by atoms with Crippen molar-refractivity contribution < 1.29 is 13.2 Å². The third-order valence-corrected chi connectivity index (χ3v) is 3.74. The summed E-state index contributed by atoms with van der Waals surface area (Å²) in [5.74, 6) is -1.15. The van der Waals surface area contributed by atoms with Crippen LogP contribution in [0, 0.1) is 17.5 Å². The number of halogens is 3. The molecule has 2 rings (SSSR count). The fraction of sp³-hybridized carbons (Fsp3) is 0.143. The second kappa shape index (κ2) is 6.12. The van der Waals surface area contributed by atoms with Gasteiger partial charge in [-0.05, 0) is 30.3 Å². The molecule has 2 aromatic rings. The Kier molecular flexibility index (Phi) is 4.50. The van der Waals surface area contributed by atoms with Crippen molar-refractivity contribution in [2.75, 3.05) is 5.75 Å². The van der Waals surface area contributed by atoms with Crippen LogP contribution in [-0.2, 0) is 0 Å². The van der Waals surface area contributed by atoms with E-state index in [1.165, 1.54) is 36.0 Å². The minimum Gasteiger partial charge on any atom is -0.323 e. The largest absolute Gasteiger partial charge is 0.323 e. The SMILES string of the molecule is NC(CSc1ccc(F)cc1)c1ccc(F)cc1F. The van der Waals surface area contributed by atoms with Gasteiger partial charge in [-0.15, -0.1) is 11.8 Å². The van der Waals surface area contributed by atoms with Crippen molar-refractivity contribution in [3.05, 3.63) is 65.5 Å². The molecule has 5 heteroatoms. The van der Waals surface area contributed by atoms with Crippen molar-refractivity contribution in [3.63, 3.8) is 0 Å². The molecule has 0 radical (unpaired) electrons. The van der Waals surface area contributed by atoms with E-state index in [0.717, 1.165) is 11.0 Å². The summed E-state index contributed by atoms with van der Waals surface area (Å²) in [6.07, 6.45) is 0. The van der Waals surface area contributed by atoms with Crippen LogP contribution in [0.1, 0.15) is 11.6 Å². The van der Waals surface area contributed by atoms with Crippen molar-refractivity contribution in [1.82, 2.24) is 0 Å². The number of nitrogens with two attached hydrogens (primary N) is 1. The Labute approximate surface area is 113 Å². The van der Waals surface area contributed by atoms with Gasteiger partial charge in [0.15, 0.2) is 0 Å². The number of rotatable bonds is 4.